The van der Waals surface area contributed by atoms with Crippen molar-refractivity contribution >= 4 is 11.3 Å². The van der Waals surface area contributed by atoms with Gasteiger partial charge in [-0.05, 0) is 31.5 Å². The van der Waals surface area contributed by atoms with E-state index in [9.17, 15) is 5.11 Å². The Morgan fingerprint density at radius 3 is 2.93 bits per heavy atom. The van der Waals surface area contributed by atoms with Gasteiger partial charge in [0, 0.05) is 22.7 Å². The van der Waals surface area contributed by atoms with Gasteiger partial charge in [0.2, 0.25) is 0 Å². The van der Waals surface area contributed by atoms with Gasteiger partial charge in [0.15, 0.2) is 0 Å². The molecule has 84 valence electrons. The molecule has 0 radical (unpaired) electrons. The lowest BCUT2D eigenvalue weighted by molar-refractivity contribution is 0.0627. The largest absolute Gasteiger partial charge is 0.388 e. The van der Waals surface area contributed by atoms with Crippen LogP contribution in [0.25, 0.3) is 0 Å². The van der Waals surface area contributed by atoms with E-state index in [1.165, 1.54) is 22.6 Å². The number of nitrogens with one attached hydrogen (secondary N) is 1. The molecule has 2 nitrogen and oxygen atoms in total. The minimum atomic E-state index is -0.492. The first kappa shape index (κ1) is 11.1. The van der Waals surface area contributed by atoms with E-state index in [0.29, 0.717) is 0 Å². The molecule has 1 aliphatic rings. The summed E-state index contributed by atoms with van der Waals surface area (Å²) in [7, 11) is 0. The monoisotopic (exact) mass is 225 g/mol. The minimum Gasteiger partial charge on any atom is -0.388 e. The van der Waals surface area contributed by atoms with Crippen LogP contribution < -0.4 is 5.32 Å². The Morgan fingerprint density at radius 2 is 2.27 bits per heavy atom. The standard InChI is InChI=1S/C12H19NOS/c1-2-3-10-4-5-11(15-10)8-12(14)6-7-13-9-12/h4-5,13-14H,2-3,6-9H2,1H3. The van der Waals surface area contributed by atoms with Gasteiger partial charge in [-0.1, -0.05) is 13.3 Å². The maximum Gasteiger partial charge on any atom is 0.0831 e. The van der Waals surface area contributed by atoms with Crippen molar-refractivity contribution < 1.29 is 5.11 Å². The van der Waals surface area contributed by atoms with Gasteiger partial charge in [0.05, 0.1) is 5.60 Å². The summed E-state index contributed by atoms with van der Waals surface area (Å²) in [6, 6.07) is 4.38. The van der Waals surface area contributed by atoms with Crippen LogP contribution in [-0.4, -0.2) is 23.8 Å². The molecule has 2 N–H and O–H groups in total. The van der Waals surface area contributed by atoms with Crippen LogP contribution in [0.4, 0.5) is 0 Å². The molecule has 0 amide bonds. The van der Waals surface area contributed by atoms with Gasteiger partial charge in [-0.25, -0.2) is 0 Å². The quantitative estimate of drug-likeness (QED) is 0.821. The molecule has 2 rings (SSSR count). The van der Waals surface area contributed by atoms with Crippen molar-refractivity contribution in [2.45, 2.75) is 38.2 Å². The van der Waals surface area contributed by atoms with Crippen molar-refractivity contribution in [2.24, 2.45) is 0 Å². The second-order valence-corrected chi connectivity index (χ2v) is 5.70. The number of hydrogen-bond donors (Lipinski definition) is 2. The lowest BCUT2D eigenvalue weighted by Crippen LogP contribution is -2.33. The average Bonchev–Trinajstić information content (AvgIpc) is 2.77. The molecular formula is C12H19NOS. The predicted molar refractivity (Wildman–Crippen MR) is 64.5 cm³/mol. The Labute approximate surface area is 95.3 Å². The van der Waals surface area contributed by atoms with Crippen LogP contribution in [0.1, 0.15) is 29.5 Å². The van der Waals surface area contributed by atoms with Crippen LogP contribution in [0.15, 0.2) is 12.1 Å². The second-order valence-electron chi connectivity index (χ2n) is 4.45. The highest BCUT2D eigenvalue weighted by atomic mass is 32.1. The molecule has 1 saturated heterocycles. The van der Waals surface area contributed by atoms with Gasteiger partial charge in [-0.3, -0.25) is 0 Å². The second kappa shape index (κ2) is 4.64. The van der Waals surface area contributed by atoms with Crippen LogP contribution in [0.2, 0.25) is 0 Å². The summed E-state index contributed by atoms with van der Waals surface area (Å²) in [6.45, 7) is 3.89. The molecule has 1 unspecified atom stereocenters. The summed E-state index contributed by atoms with van der Waals surface area (Å²) in [5.74, 6) is 0. The summed E-state index contributed by atoms with van der Waals surface area (Å²) < 4.78 is 0. The van der Waals surface area contributed by atoms with Crippen molar-refractivity contribution in [1.82, 2.24) is 5.32 Å². The molecule has 1 aliphatic heterocycles. The number of hydrogen-bond acceptors (Lipinski definition) is 3. The first-order chi connectivity index (χ1) is 7.22. The van der Waals surface area contributed by atoms with Gasteiger partial charge >= 0.3 is 0 Å². The van der Waals surface area contributed by atoms with E-state index >= 15 is 0 Å². The zero-order valence-electron chi connectivity index (χ0n) is 9.25. The zero-order valence-corrected chi connectivity index (χ0v) is 10.1. The van der Waals surface area contributed by atoms with Crippen molar-refractivity contribution in [1.29, 1.82) is 0 Å². The Hall–Kier alpha value is -0.380. The molecule has 1 fully saturated rings. The molecule has 0 aliphatic carbocycles. The van der Waals surface area contributed by atoms with E-state index < -0.39 is 5.60 Å². The maximum atomic E-state index is 10.2. The first-order valence-corrected chi connectivity index (χ1v) is 6.54. The van der Waals surface area contributed by atoms with Crippen molar-refractivity contribution in [3.8, 4) is 0 Å². The van der Waals surface area contributed by atoms with Gasteiger partial charge in [-0.15, -0.1) is 11.3 Å². The summed E-state index contributed by atoms with van der Waals surface area (Å²) in [6.07, 6.45) is 4.06. The van der Waals surface area contributed by atoms with Crippen molar-refractivity contribution in [2.75, 3.05) is 13.1 Å². The van der Waals surface area contributed by atoms with E-state index in [1.54, 1.807) is 0 Å². The highest BCUT2D eigenvalue weighted by Crippen LogP contribution is 2.25. The number of β-amino-alcohol motifs (C(OH)–C–C–N with tert-alkyl or cyclic N) is 1. The van der Waals surface area contributed by atoms with Gasteiger partial charge in [-0.2, -0.15) is 0 Å². The summed E-state index contributed by atoms with van der Waals surface area (Å²) in [5, 5.41) is 13.4. The van der Waals surface area contributed by atoms with Gasteiger partial charge in [0.1, 0.15) is 0 Å². The van der Waals surface area contributed by atoms with Crippen LogP contribution in [0, 0.1) is 0 Å². The summed E-state index contributed by atoms with van der Waals surface area (Å²) in [5.41, 5.74) is -0.492. The topological polar surface area (TPSA) is 32.3 Å². The van der Waals surface area contributed by atoms with E-state index in [2.05, 4.69) is 24.4 Å². The van der Waals surface area contributed by atoms with E-state index in [4.69, 9.17) is 0 Å². The van der Waals surface area contributed by atoms with Crippen LogP contribution in [0.5, 0.6) is 0 Å². The van der Waals surface area contributed by atoms with Crippen LogP contribution in [0.3, 0.4) is 0 Å². The lowest BCUT2D eigenvalue weighted by Gasteiger charge is -2.19. The molecule has 3 heteroatoms. The fourth-order valence-corrected chi connectivity index (χ4v) is 3.36. The van der Waals surface area contributed by atoms with Crippen molar-refractivity contribution in [3.63, 3.8) is 0 Å². The SMILES string of the molecule is CCCc1ccc(CC2(O)CCNC2)s1. The highest BCUT2D eigenvalue weighted by molar-refractivity contribution is 7.12. The third kappa shape index (κ3) is 2.80. The minimum absolute atomic E-state index is 0.492. The fourth-order valence-electron chi connectivity index (χ4n) is 2.10. The lowest BCUT2D eigenvalue weighted by atomic mass is 9.98. The predicted octanol–water partition coefficient (Wildman–Crippen LogP) is 1.97. The van der Waals surface area contributed by atoms with Gasteiger partial charge < -0.3 is 10.4 Å². The Bertz CT molecular complexity index is 315. The molecule has 0 saturated carbocycles. The first-order valence-electron chi connectivity index (χ1n) is 5.72. The maximum absolute atomic E-state index is 10.2. The smallest absolute Gasteiger partial charge is 0.0831 e. The number of rotatable bonds is 4. The molecular weight excluding hydrogens is 206 g/mol. The van der Waals surface area contributed by atoms with Crippen molar-refractivity contribution in [3.05, 3.63) is 21.9 Å². The molecule has 0 aromatic carbocycles. The molecule has 1 atom stereocenters. The average molecular weight is 225 g/mol. The molecule has 15 heavy (non-hydrogen) atoms. The Kier molecular flexibility index (Phi) is 3.44. The van der Waals surface area contributed by atoms with Crippen LogP contribution in [-0.2, 0) is 12.8 Å². The Balaban J connectivity index is 1.97. The highest BCUT2D eigenvalue weighted by Gasteiger charge is 2.31. The zero-order chi connectivity index (χ0) is 10.7. The van der Waals surface area contributed by atoms with Gasteiger partial charge in [0.25, 0.3) is 0 Å². The van der Waals surface area contributed by atoms with E-state index in [1.807, 2.05) is 11.3 Å². The molecule has 1 aromatic rings. The Morgan fingerprint density at radius 1 is 1.47 bits per heavy atom. The normalized spacial score (nSPS) is 26.0. The number of thiophene rings is 1. The van der Waals surface area contributed by atoms with E-state index in [-0.39, 0.29) is 0 Å². The number of aliphatic hydroxyl groups is 1. The van der Waals surface area contributed by atoms with Crippen LogP contribution >= 0.6 is 11.3 Å². The number of aryl methyl sites for hydroxylation is 1. The summed E-state index contributed by atoms with van der Waals surface area (Å²) >= 11 is 1.86. The molecule has 2 heterocycles. The molecule has 0 spiro atoms. The third-order valence-electron chi connectivity index (χ3n) is 2.94. The fraction of sp³-hybridized carbons (Fsp3) is 0.667. The molecule has 0 bridgehead atoms. The third-order valence-corrected chi connectivity index (χ3v) is 4.08. The molecule has 1 aromatic heterocycles. The van der Waals surface area contributed by atoms with E-state index in [0.717, 1.165) is 25.9 Å². The summed E-state index contributed by atoms with van der Waals surface area (Å²) in [4.78, 5) is 2.77.